The minimum atomic E-state index is -4.86. The molecule has 0 radical (unpaired) electrons. The van der Waals surface area contributed by atoms with E-state index >= 15 is 0 Å². The fraction of sp³-hybridized carbons (Fsp3) is 0.341. The molecule has 0 aromatic heterocycles. The summed E-state index contributed by atoms with van der Waals surface area (Å²) in [6.45, 7) is 2.71. The molecule has 0 saturated carbocycles. The topological polar surface area (TPSA) is 103 Å². The number of nitrogens with one attached hydrogen (secondary N) is 4. The summed E-state index contributed by atoms with van der Waals surface area (Å²) < 4.78 is 71.4. The molecule has 0 fully saturated rings. The Morgan fingerprint density at radius 2 is 1.62 bits per heavy atom. The third kappa shape index (κ3) is 12.8. The molecule has 0 unspecified atom stereocenters. The van der Waals surface area contributed by atoms with Crippen LogP contribution in [0.3, 0.4) is 0 Å². The van der Waals surface area contributed by atoms with Crippen LogP contribution >= 0.6 is 23.4 Å². The monoisotopic (exact) mass is 813 g/mol. The summed E-state index contributed by atoms with van der Waals surface area (Å²) in [6, 6.07) is 26.1. The minimum absolute atomic E-state index is 0.0418. The maximum atomic E-state index is 14.4. The van der Waals surface area contributed by atoms with E-state index in [0.29, 0.717) is 37.9 Å². The minimum Gasteiger partial charge on any atom is -0.384 e. The third-order valence-corrected chi connectivity index (χ3v) is 12.0. The van der Waals surface area contributed by atoms with Crippen molar-refractivity contribution in [3.8, 4) is 0 Å². The molecule has 8 nitrogen and oxygen atoms in total. The van der Waals surface area contributed by atoms with Crippen LogP contribution in [0.25, 0.3) is 5.57 Å². The van der Waals surface area contributed by atoms with Gasteiger partial charge in [0, 0.05) is 58.3 Å². The molecule has 294 valence electrons. The second-order valence-corrected chi connectivity index (χ2v) is 16.9. The van der Waals surface area contributed by atoms with Gasteiger partial charge in [-0.2, -0.15) is 13.2 Å². The van der Waals surface area contributed by atoms with E-state index in [0.717, 1.165) is 47.1 Å². The highest BCUT2D eigenvalue weighted by molar-refractivity contribution is 7.99. The average Bonchev–Trinajstić information content (AvgIpc) is 3.16. The van der Waals surface area contributed by atoms with Crippen molar-refractivity contribution in [2.24, 2.45) is 0 Å². The quantitative estimate of drug-likeness (QED) is 0.0584. The zero-order valence-corrected chi connectivity index (χ0v) is 33.3. The standard InChI is InChI=1S/C41H47ClF3N5O3S2/c1-50(2)25-22-34(28-54-35-9-4-3-5-10-35)48-39-21-20-36(26-38(39)41(43,44)45)55(52,53)49-40(51)30-14-18-33(19-15-30)47-24-23-46-27-31-8-6-7-11-37(31)29-12-16-32(42)17-13-29/h3-5,9-10,12-21,26,34,46-48H,6-8,11,22-25,27-28H2,1-2H3,(H,49,51)/t34-/m1/s1. The first kappa shape index (κ1) is 42.1. The summed E-state index contributed by atoms with van der Waals surface area (Å²) in [7, 11) is -0.867. The van der Waals surface area contributed by atoms with Gasteiger partial charge in [0.1, 0.15) is 0 Å². The summed E-state index contributed by atoms with van der Waals surface area (Å²) in [4.78, 5) is 15.2. The predicted molar refractivity (Wildman–Crippen MR) is 218 cm³/mol. The molecule has 0 heterocycles. The molecule has 0 saturated heterocycles. The Balaban J connectivity index is 1.17. The van der Waals surface area contributed by atoms with Crippen molar-refractivity contribution in [1.29, 1.82) is 0 Å². The van der Waals surface area contributed by atoms with Gasteiger partial charge in [-0.15, -0.1) is 11.8 Å². The van der Waals surface area contributed by atoms with Gasteiger partial charge >= 0.3 is 6.18 Å². The summed E-state index contributed by atoms with van der Waals surface area (Å²) in [6.07, 6.45) is 0.123. The first-order valence-corrected chi connectivity index (χ1v) is 21.0. The molecule has 0 aliphatic heterocycles. The average molecular weight is 814 g/mol. The number of rotatable bonds is 18. The van der Waals surface area contributed by atoms with E-state index < -0.39 is 32.6 Å². The predicted octanol–water partition coefficient (Wildman–Crippen LogP) is 9.03. The van der Waals surface area contributed by atoms with Crippen molar-refractivity contribution in [2.75, 3.05) is 56.7 Å². The molecule has 55 heavy (non-hydrogen) atoms. The van der Waals surface area contributed by atoms with Gasteiger partial charge in [-0.1, -0.05) is 47.5 Å². The highest BCUT2D eigenvalue weighted by Crippen LogP contribution is 2.37. The third-order valence-electron chi connectivity index (χ3n) is 9.20. The highest BCUT2D eigenvalue weighted by atomic mass is 35.5. The number of anilines is 2. The molecule has 1 aliphatic carbocycles. The van der Waals surface area contributed by atoms with E-state index in [4.69, 9.17) is 11.6 Å². The van der Waals surface area contributed by atoms with Crippen molar-refractivity contribution in [1.82, 2.24) is 14.9 Å². The first-order valence-electron chi connectivity index (χ1n) is 18.2. The molecule has 14 heteroatoms. The number of amides is 1. The number of carbonyl (C=O) groups excluding carboxylic acids is 1. The van der Waals surface area contributed by atoms with Gasteiger partial charge in [0.15, 0.2) is 0 Å². The number of halogens is 4. The van der Waals surface area contributed by atoms with Crippen molar-refractivity contribution < 1.29 is 26.4 Å². The molecule has 4 aromatic carbocycles. The molecule has 0 bridgehead atoms. The molecule has 4 N–H and O–H groups in total. The van der Waals surface area contributed by atoms with E-state index in [9.17, 15) is 26.4 Å². The second kappa shape index (κ2) is 19.7. The van der Waals surface area contributed by atoms with Gasteiger partial charge in [-0.3, -0.25) is 4.79 Å². The van der Waals surface area contributed by atoms with E-state index in [1.54, 1.807) is 12.1 Å². The number of alkyl halides is 3. The van der Waals surface area contributed by atoms with E-state index in [2.05, 4.69) is 28.1 Å². The van der Waals surface area contributed by atoms with Gasteiger partial charge in [-0.25, -0.2) is 13.1 Å². The fourth-order valence-corrected chi connectivity index (χ4v) is 8.39. The molecule has 0 spiro atoms. The van der Waals surface area contributed by atoms with E-state index in [1.165, 1.54) is 53.4 Å². The Morgan fingerprint density at radius 1 is 0.909 bits per heavy atom. The number of nitrogens with zero attached hydrogens (tertiary/aromatic N) is 1. The number of carbonyl (C=O) groups is 1. The van der Waals surface area contributed by atoms with E-state index in [1.807, 2.05) is 66.2 Å². The van der Waals surface area contributed by atoms with Crippen LogP contribution in [0.5, 0.6) is 0 Å². The molecule has 5 rings (SSSR count). The van der Waals surface area contributed by atoms with Gasteiger partial charge in [0.05, 0.1) is 10.5 Å². The lowest BCUT2D eigenvalue weighted by Gasteiger charge is -2.24. The normalized spacial score (nSPS) is 14.2. The molecule has 1 atom stereocenters. The lowest BCUT2D eigenvalue weighted by molar-refractivity contribution is -0.137. The Morgan fingerprint density at radius 3 is 2.31 bits per heavy atom. The van der Waals surface area contributed by atoms with Crippen LogP contribution in [-0.4, -0.2) is 71.3 Å². The van der Waals surface area contributed by atoms with Crippen molar-refractivity contribution in [2.45, 2.75) is 54.1 Å². The number of allylic oxidation sites excluding steroid dienone is 1. The van der Waals surface area contributed by atoms with Crippen LogP contribution in [0.4, 0.5) is 24.5 Å². The lowest BCUT2D eigenvalue weighted by atomic mass is 9.87. The first-order chi connectivity index (χ1) is 26.3. The van der Waals surface area contributed by atoms with Crippen LogP contribution in [-0.2, 0) is 16.2 Å². The fourth-order valence-electron chi connectivity index (χ4n) is 6.27. The van der Waals surface area contributed by atoms with E-state index in [-0.39, 0.29) is 17.3 Å². The number of thioether (sulfide) groups is 1. The molecule has 4 aromatic rings. The smallest absolute Gasteiger partial charge is 0.384 e. The largest absolute Gasteiger partial charge is 0.418 e. The zero-order chi connectivity index (χ0) is 39.4. The SMILES string of the molecule is CN(C)CC[C@H](CSc1ccccc1)Nc1ccc(S(=O)(=O)NC(=O)c2ccc(NCCNCC3=C(c4ccc(Cl)cc4)CCCC3)cc2)cc1C(F)(F)F. The molecular weight excluding hydrogens is 767 g/mol. The number of hydrogen-bond donors (Lipinski definition) is 4. The molecule has 1 aliphatic rings. The maximum absolute atomic E-state index is 14.4. The molecular formula is C41H47ClF3N5O3S2. The highest BCUT2D eigenvalue weighted by Gasteiger charge is 2.36. The summed E-state index contributed by atoms with van der Waals surface area (Å²) in [5.41, 5.74) is 3.39. The van der Waals surface area contributed by atoms with Crippen LogP contribution in [0.15, 0.2) is 112 Å². The van der Waals surface area contributed by atoms with Crippen LogP contribution in [0.2, 0.25) is 5.02 Å². The number of sulfonamides is 1. The van der Waals surface area contributed by atoms with Crippen LogP contribution in [0.1, 0.15) is 53.6 Å². The van der Waals surface area contributed by atoms with Gasteiger partial charge in [-0.05, 0) is 131 Å². The van der Waals surface area contributed by atoms with Crippen molar-refractivity contribution >= 4 is 56.2 Å². The lowest BCUT2D eigenvalue weighted by Crippen LogP contribution is -2.31. The Bertz CT molecular complexity index is 2010. The zero-order valence-electron chi connectivity index (χ0n) is 30.9. The Hall–Kier alpha value is -4.01. The maximum Gasteiger partial charge on any atom is 0.418 e. The van der Waals surface area contributed by atoms with Crippen molar-refractivity contribution in [3.63, 3.8) is 0 Å². The van der Waals surface area contributed by atoms with Gasteiger partial charge < -0.3 is 20.9 Å². The summed E-state index contributed by atoms with van der Waals surface area (Å²) in [5, 5.41) is 10.5. The number of hydrogen-bond acceptors (Lipinski definition) is 8. The summed E-state index contributed by atoms with van der Waals surface area (Å²) in [5.74, 6) is -0.468. The second-order valence-electron chi connectivity index (χ2n) is 13.7. The Labute approximate surface area is 331 Å². The van der Waals surface area contributed by atoms with Gasteiger partial charge in [0.2, 0.25) is 0 Å². The Kier molecular flexibility index (Phi) is 15.1. The molecule has 1 amide bonds. The number of benzene rings is 4. The van der Waals surface area contributed by atoms with Crippen LogP contribution < -0.4 is 20.7 Å². The van der Waals surface area contributed by atoms with Gasteiger partial charge in [0.25, 0.3) is 15.9 Å². The van der Waals surface area contributed by atoms with Crippen LogP contribution in [0, 0.1) is 0 Å². The summed E-state index contributed by atoms with van der Waals surface area (Å²) >= 11 is 7.60. The van der Waals surface area contributed by atoms with Crippen molar-refractivity contribution in [3.05, 3.63) is 124 Å².